The van der Waals surface area contributed by atoms with E-state index < -0.39 is 0 Å². The number of nitrogens with one attached hydrogen (secondary N) is 1. The Morgan fingerprint density at radius 1 is 1.14 bits per heavy atom. The number of nitrogens with zero attached hydrogens (tertiary/aromatic N) is 3. The van der Waals surface area contributed by atoms with Gasteiger partial charge in [0.25, 0.3) is 5.56 Å². The van der Waals surface area contributed by atoms with E-state index in [9.17, 15) is 4.79 Å². The SMILES string of the molecule is CCc1cc(=O)[nH]c(-c2ccc(N3CCCCC3CCc3ccccc3)nc2)n1. The van der Waals surface area contributed by atoms with Gasteiger partial charge in [0.1, 0.15) is 11.6 Å². The molecular formula is C24H28N4O. The molecule has 1 aliphatic rings. The van der Waals surface area contributed by atoms with E-state index in [4.69, 9.17) is 4.98 Å². The van der Waals surface area contributed by atoms with Gasteiger partial charge in [-0.15, -0.1) is 0 Å². The number of aryl methyl sites for hydroxylation is 2. The lowest BCUT2D eigenvalue weighted by Gasteiger charge is -2.37. The minimum absolute atomic E-state index is 0.118. The maximum absolute atomic E-state index is 11.9. The van der Waals surface area contributed by atoms with Crippen LogP contribution in [0.2, 0.25) is 0 Å². The molecule has 2 aromatic heterocycles. The summed E-state index contributed by atoms with van der Waals surface area (Å²) in [4.78, 5) is 26.4. The molecule has 0 saturated carbocycles. The van der Waals surface area contributed by atoms with E-state index in [2.05, 4.69) is 51.3 Å². The minimum atomic E-state index is -0.118. The lowest BCUT2D eigenvalue weighted by atomic mass is 9.96. The monoisotopic (exact) mass is 388 g/mol. The summed E-state index contributed by atoms with van der Waals surface area (Å²) < 4.78 is 0. The highest BCUT2D eigenvalue weighted by Gasteiger charge is 2.23. The van der Waals surface area contributed by atoms with Crippen LogP contribution in [0.25, 0.3) is 11.4 Å². The van der Waals surface area contributed by atoms with Gasteiger partial charge in [-0.3, -0.25) is 4.79 Å². The molecule has 150 valence electrons. The molecule has 0 aliphatic carbocycles. The Hall–Kier alpha value is -2.95. The van der Waals surface area contributed by atoms with Crippen LogP contribution in [0.1, 0.15) is 43.9 Å². The number of hydrogen-bond donors (Lipinski definition) is 1. The van der Waals surface area contributed by atoms with E-state index in [1.54, 1.807) is 6.07 Å². The second kappa shape index (κ2) is 9.03. The molecule has 5 nitrogen and oxygen atoms in total. The third-order valence-electron chi connectivity index (χ3n) is 5.71. The highest BCUT2D eigenvalue weighted by molar-refractivity contribution is 5.56. The van der Waals surface area contributed by atoms with Crippen LogP contribution in [0, 0.1) is 0 Å². The van der Waals surface area contributed by atoms with Gasteiger partial charge in [-0.25, -0.2) is 9.97 Å². The summed E-state index contributed by atoms with van der Waals surface area (Å²) in [6.07, 6.45) is 8.50. The van der Waals surface area contributed by atoms with Crippen molar-refractivity contribution < 1.29 is 0 Å². The van der Waals surface area contributed by atoms with E-state index in [0.717, 1.165) is 42.9 Å². The predicted molar refractivity (Wildman–Crippen MR) is 117 cm³/mol. The topological polar surface area (TPSA) is 61.9 Å². The molecule has 5 heteroatoms. The fraction of sp³-hybridized carbons (Fsp3) is 0.375. The van der Waals surface area contributed by atoms with Crippen molar-refractivity contribution in [3.63, 3.8) is 0 Å². The molecule has 0 spiro atoms. The van der Waals surface area contributed by atoms with Gasteiger partial charge in [-0.05, 0) is 56.2 Å². The molecule has 3 heterocycles. The molecule has 1 N–H and O–H groups in total. The molecule has 0 amide bonds. The fourth-order valence-electron chi connectivity index (χ4n) is 4.10. The van der Waals surface area contributed by atoms with E-state index in [1.165, 1.54) is 24.8 Å². The van der Waals surface area contributed by atoms with Crippen molar-refractivity contribution >= 4 is 5.82 Å². The van der Waals surface area contributed by atoms with Crippen LogP contribution in [0.5, 0.6) is 0 Å². The number of rotatable bonds is 6. The first kappa shape index (κ1) is 19.4. The average Bonchev–Trinajstić information content (AvgIpc) is 2.78. The number of aromatic nitrogens is 3. The van der Waals surface area contributed by atoms with E-state index in [0.29, 0.717) is 11.9 Å². The van der Waals surface area contributed by atoms with Crippen molar-refractivity contribution in [1.29, 1.82) is 0 Å². The Kier molecular flexibility index (Phi) is 6.03. The molecule has 3 aromatic rings. The van der Waals surface area contributed by atoms with Crippen LogP contribution < -0.4 is 10.5 Å². The first-order chi connectivity index (χ1) is 14.2. The van der Waals surface area contributed by atoms with Crippen LogP contribution in [0.3, 0.4) is 0 Å². The van der Waals surface area contributed by atoms with E-state index in [1.807, 2.05) is 19.2 Å². The number of aromatic amines is 1. The lowest BCUT2D eigenvalue weighted by Crippen LogP contribution is -2.40. The van der Waals surface area contributed by atoms with Gasteiger partial charge in [0, 0.05) is 36.1 Å². The molecular weight excluding hydrogens is 360 g/mol. The molecule has 0 radical (unpaired) electrons. The molecule has 29 heavy (non-hydrogen) atoms. The molecule has 1 atom stereocenters. The lowest BCUT2D eigenvalue weighted by molar-refractivity contribution is 0.435. The molecule has 1 aliphatic heterocycles. The van der Waals surface area contributed by atoms with Gasteiger partial charge < -0.3 is 9.88 Å². The van der Waals surface area contributed by atoms with Gasteiger partial charge in [0.15, 0.2) is 0 Å². The zero-order valence-electron chi connectivity index (χ0n) is 17.0. The molecule has 1 saturated heterocycles. The molecule has 1 aromatic carbocycles. The smallest absolute Gasteiger partial charge is 0.251 e. The Balaban J connectivity index is 1.50. The van der Waals surface area contributed by atoms with Gasteiger partial charge in [0.2, 0.25) is 0 Å². The first-order valence-electron chi connectivity index (χ1n) is 10.6. The second-order valence-electron chi connectivity index (χ2n) is 7.71. The summed E-state index contributed by atoms with van der Waals surface area (Å²) >= 11 is 0. The number of anilines is 1. The summed E-state index contributed by atoms with van der Waals surface area (Å²) in [5, 5.41) is 0. The highest BCUT2D eigenvalue weighted by Crippen LogP contribution is 2.27. The molecule has 1 fully saturated rings. The van der Waals surface area contributed by atoms with Crippen molar-refractivity contribution in [2.24, 2.45) is 0 Å². The van der Waals surface area contributed by atoms with Crippen molar-refractivity contribution in [3.8, 4) is 11.4 Å². The van der Waals surface area contributed by atoms with Crippen molar-refractivity contribution in [2.45, 2.75) is 51.5 Å². The van der Waals surface area contributed by atoms with Crippen LogP contribution in [-0.2, 0) is 12.8 Å². The fourth-order valence-corrected chi connectivity index (χ4v) is 4.10. The predicted octanol–water partition coefficient (Wildman–Crippen LogP) is 4.39. The highest BCUT2D eigenvalue weighted by atomic mass is 16.1. The first-order valence-corrected chi connectivity index (χ1v) is 10.6. The Bertz CT molecular complexity index is 982. The second-order valence-corrected chi connectivity index (χ2v) is 7.71. The van der Waals surface area contributed by atoms with Crippen LogP contribution in [0.4, 0.5) is 5.82 Å². The van der Waals surface area contributed by atoms with E-state index >= 15 is 0 Å². The van der Waals surface area contributed by atoms with Crippen molar-refractivity contribution in [3.05, 3.63) is 76.3 Å². The summed E-state index contributed by atoms with van der Waals surface area (Å²) in [5.41, 5.74) is 2.92. The van der Waals surface area contributed by atoms with Gasteiger partial charge >= 0.3 is 0 Å². The van der Waals surface area contributed by atoms with Gasteiger partial charge in [-0.2, -0.15) is 0 Å². The summed E-state index contributed by atoms with van der Waals surface area (Å²) in [6.45, 7) is 3.05. The largest absolute Gasteiger partial charge is 0.354 e. The maximum atomic E-state index is 11.9. The Labute approximate surface area is 171 Å². The van der Waals surface area contributed by atoms with Crippen LogP contribution in [0.15, 0.2) is 59.5 Å². The van der Waals surface area contributed by atoms with E-state index in [-0.39, 0.29) is 5.56 Å². The average molecular weight is 389 g/mol. The number of H-pyrrole nitrogens is 1. The third-order valence-corrected chi connectivity index (χ3v) is 5.71. The van der Waals surface area contributed by atoms with Crippen molar-refractivity contribution in [1.82, 2.24) is 15.0 Å². The van der Waals surface area contributed by atoms with Crippen LogP contribution in [-0.4, -0.2) is 27.5 Å². The zero-order chi connectivity index (χ0) is 20.1. The molecule has 4 rings (SSSR count). The minimum Gasteiger partial charge on any atom is -0.354 e. The Morgan fingerprint density at radius 2 is 2.00 bits per heavy atom. The Morgan fingerprint density at radius 3 is 2.76 bits per heavy atom. The molecule has 1 unspecified atom stereocenters. The maximum Gasteiger partial charge on any atom is 0.251 e. The van der Waals surface area contributed by atoms with Crippen LogP contribution >= 0.6 is 0 Å². The summed E-state index contributed by atoms with van der Waals surface area (Å²) in [5.74, 6) is 1.60. The summed E-state index contributed by atoms with van der Waals surface area (Å²) in [6, 6.07) is 16.9. The number of piperidine rings is 1. The third kappa shape index (κ3) is 4.73. The number of hydrogen-bond acceptors (Lipinski definition) is 4. The van der Waals surface area contributed by atoms with Gasteiger partial charge in [0.05, 0.1) is 0 Å². The zero-order valence-corrected chi connectivity index (χ0v) is 17.0. The van der Waals surface area contributed by atoms with Crippen molar-refractivity contribution in [2.75, 3.05) is 11.4 Å². The molecule has 0 bridgehead atoms. The number of pyridine rings is 1. The quantitative estimate of drug-likeness (QED) is 0.680. The normalized spacial score (nSPS) is 16.7. The number of benzene rings is 1. The standard InChI is InChI=1S/C24H28N4O/c1-2-20-16-23(29)27-24(26-20)19-12-14-22(25-17-19)28-15-7-6-10-21(28)13-11-18-8-4-3-5-9-18/h3-5,8-9,12,14,16-17,21H,2,6-7,10-11,13,15H2,1H3,(H,26,27,29). The summed E-state index contributed by atoms with van der Waals surface area (Å²) in [7, 11) is 0. The van der Waals surface area contributed by atoms with Gasteiger partial charge in [-0.1, -0.05) is 37.3 Å².